The Kier molecular flexibility index (Phi) is 3.47. The van der Waals surface area contributed by atoms with E-state index < -0.39 is 0 Å². The van der Waals surface area contributed by atoms with E-state index >= 15 is 0 Å². The highest BCUT2D eigenvalue weighted by Gasteiger charge is 2.38. The molecule has 0 aliphatic carbocycles. The van der Waals surface area contributed by atoms with Gasteiger partial charge in [0.1, 0.15) is 0 Å². The summed E-state index contributed by atoms with van der Waals surface area (Å²) in [6.45, 7) is 8.19. The topological polar surface area (TPSA) is 52.4 Å². The molecular weight excluding hydrogens is 268 g/mol. The Balaban J connectivity index is 1.46. The van der Waals surface area contributed by atoms with E-state index in [0.717, 1.165) is 45.0 Å². The molecule has 21 heavy (non-hydrogen) atoms. The average molecular weight is 292 g/mol. The molecular formula is C15H24N4O2. The highest BCUT2D eigenvalue weighted by Crippen LogP contribution is 2.35. The van der Waals surface area contributed by atoms with E-state index in [4.69, 9.17) is 9.47 Å². The molecule has 4 heterocycles. The monoisotopic (exact) mass is 292 g/mol. The van der Waals surface area contributed by atoms with E-state index in [0.29, 0.717) is 24.2 Å². The molecule has 2 atom stereocenters. The molecule has 2 saturated heterocycles. The predicted molar refractivity (Wildman–Crippen MR) is 76.9 cm³/mol. The molecule has 0 aromatic carbocycles. The molecule has 1 aromatic heterocycles. The zero-order valence-electron chi connectivity index (χ0n) is 12.7. The second kappa shape index (κ2) is 5.34. The van der Waals surface area contributed by atoms with Crippen LogP contribution in [0.15, 0.2) is 6.20 Å². The second-order valence-electron chi connectivity index (χ2n) is 7.03. The van der Waals surface area contributed by atoms with Gasteiger partial charge in [0.15, 0.2) is 0 Å². The molecule has 0 amide bonds. The lowest BCUT2D eigenvalue weighted by Gasteiger charge is -2.45. The van der Waals surface area contributed by atoms with Gasteiger partial charge in [0.25, 0.3) is 0 Å². The van der Waals surface area contributed by atoms with Gasteiger partial charge in [0.2, 0.25) is 0 Å². The van der Waals surface area contributed by atoms with Gasteiger partial charge in [0.05, 0.1) is 30.6 Å². The van der Waals surface area contributed by atoms with Crippen LogP contribution in [0, 0.1) is 5.41 Å². The van der Waals surface area contributed by atoms with Crippen molar-refractivity contribution in [2.45, 2.75) is 44.9 Å². The summed E-state index contributed by atoms with van der Waals surface area (Å²) in [6, 6.07) is 0.327. The molecule has 0 saturated carbocycles. The Morgan fingerprint density at radius 3 is 3.10 bits per heavy atom. The van der Waals surface area contributed by atoms with E-state index in [1.165, 1.54) is 12.8 Å². The lowest BCUT2D eigenvalue weighted by atomic mass is 9.81. The maximum atomic E-state index is 5.98. The predicted octanol–water partition coefficient (Wildman–Crippen LogP) is 1.24. The molecule has 3 aliphatic rings. The molecule has 6 heteroatoms. The van der Waals surface area contributed by atoms with Crippen LogP contribution in [-0.4, -0.2) is 58.8 Å². The summed E-state index contributed by atoms with van der Waals surface area (Å²) in [5.74, 6) is 0. The van der Waals surface area contributed by atoms with Crippen LogP contribution in [0.4, 0.5) is 0 Å². The van der Waals surface area contributed by atoms with Crippen molar-refractivity contribution in [2.24, 2.45) is 5.41 Å². The largest absolute Gasteiger partial charge is 0.381 e. The summed E-state index contributed by atoms with van der Waals surface area (Å²) in [5, 5.41) is 8.33. The fraction of sp³-hybridized carbons (Fsp3) is 0.867. The minimum atomic E-state index is 0.304. The fourth-order valence-corrected chi connectivity index (χ4v) is 3.95. The number of rotatable bonds is 2. The van der Waals surface area contributed by atoms with Gasteiger partial charge in [-0.15, -0.1) is 5.10 Å². The molecule has 1 aromatic rings. The number of nitrogens with zero attached hydrogens (tertiary/aromatic N) is 4. The lowest BCUT2D eigenvalue weighted by Crippen LogP contribution is -2.51. The average Bonchev–Trinajstić information content (AvgIpc) is 2.96. The third kappa shape index (κ3) is 2.60. The van der Waals surface area contributed by atoms with Gasteiger partial charge < -0.3 is 14.4 Å². The number of piperidine rings is 1. The maximum Gasteiger partial charge on any atom is 0.0929 e. The summed E-state index contributed by atoms with van der Waals surface area (Å²) < 4.78 is 13.6. The van der Waals surface area contributed by atoms with E-state index in [9.17, 15) is 0 Å². The van der Waals surface area contributed by atoms with Crippen LogP contribution >= 0.6 is 0 Å². The van der Waals surface area contributed by atoms with Gasteiger partial charge in [-0.25, -0.2) is 4.68 Å². The van der Waals surface area contributed by atoms with Gasteiger partial charge in [-0.2, -0.15) is 0 Å². The SMILES string of the molecule is CC1(CN2CC[C@H]3OCc4cnnn4[C@H]3C2)CCOCC1. The third-order valence-electron chi connectivity index (χ3n) is 5.32. The van der Waals surface area contributed by atoms with Crippen LogP contribution in [0.3, 0.4) is 0 Å². The van der Waals surface area contributed by atoms with E-state index in [2.05, 4.69) is 26.8 Å². The number of hydrogen-bond donors (Lipinski definition) is 0. The lowest BCUT2D eigenvalue weighted by molar-refractivity contribution is -0.0764. The van der Waals surface area contributed by atoms with Crippen molar-refractivity contribution in [1.82, 2.24) is 19.9 Å². The Labute approximate surface area is 125 Å². The van der Waals surface area contributed by atoms with Crippen LogP contribution in [-0.2, 0) is 16.1 Å². The summed E-state index contributed by atoms with van der Waals surface area (Å²) in [4.78, 5) is 2.59. The van der Waals surface area contributed by atoms with Gasteiger partial charge in [0, 0.05) is 32.8 Å². The zero-order valence-corrected chi connectivity index (χ0v) is 12.7. The van der Waals surface area contributed by atoms with Crippen molar-refractivity contribution in [1.29, 1.82) is 0 Å². The van der Waals surface area contributed by atoms with Crippen LogP contribution in [0.2, 0.25) is 0 Å². The van der Waals surface area contributed by atoms with E-state index in [1.807, 2.05) is 6.20 Å². The number of likely N-dealkylation sites (tertiary alicyclic amines) is 1. The Morgan fingerprint density at radius 1 is 1.38 bits per heavy atom. The first-order valence-electron chi connectivity index (χ1n) is 8.04. The molecule has 6 nitrogen and oxygen atoms in total. The van der Waals surface area contributed by atoms with Crippen LogP contribution in [0.5, 0.6) is 0 Å². The first kappa shape index (κ1) is 13.7. The maximum absolute atomic E-state index is 5.98. The fourth-order valence-electron chi connectivity index (χ4n) is 3.95. The smallest absolute Gasteiger partial charge is 0.0929 e. The molecule has 3 aliphatic heterocycles. The Bertz CT molecular complexity index is 498. The van der Waals surface area contributed by atoms with Gasteiger partial charge in [-0.1, -0.05) is 12.1 Å². The highest BCUT2D eigenvalue weighted by atomic mass is 16.5. The summed E-state index contributed by atoms with van der Waals surface area (Å²) in [7, 11) is 0. The summed E-state index contributed by atoms with van der Waals surface area (Å²) >= 11 is 0. The van der Waals surface area contributed by atoms with Crippen molar-refractivity contribution in [3.05, 3.63) is 11.9 Å². The van der Waals surface area contributed by atoms with Crippen LogP contribution in [0.1, 0.15) is 37.9 Å². The first-order chi connectivity index (χ1) is 10.2. The molecule has 0 unspecified atom stereocenters. The Morgan fingerprint density at radius 2 is 2.24 bits per heavy atom. The quantitative estimate of drug-likeness (QED) is 0.821. The van der Waals surface area contributed by atoms with Crippen molar-refractivity contribution in [3.8, 4) is 0 Å². The normalized spacial score (nSPS) is 32.4. The Hall–Kier alpha value is -0.980. The summed E-state index contributed by atoms with van der Waals surface area (Å²) in [5.41, 5.74) is 1.50. The van der Waals surface area contributed by atoms with E-state index in [1.54, 1.807) is 0 Å². The van der Waals surface area contributed by atoms with Crippen LogP contribution in [0.25, 0.3) is 0 Å². The van der Waals surface area contributed by atoms with Crippen molar-refractivity contribution in [3.63, 3.8) is 0 Å². The van der Waals surface area contributed by atoms with E-state index in [-0.39, 0.29) is 0 Å². The second-order valence-corrected chi connectivity index (χ2v) is 7.03. The first-order valence-corrected chi connectivity index (χ1v) is 8.04. The molecule has 4 rings (SSSR count). The highest BCUT2D eigenvalue weighted by molar-refractivity contribution is 5.01. The minimum absolute atomic E-state index is 0.304. The summed E-state index contributed by atoms with van der Waals surface area (Å²) in [6.07, 6.45) is 5.56. The number of hydrogen-bond acceptors (Lipinski definition) is 5. The van der Waals surface area contributed by atoms with Crippen molar-refractivity contribution >= 4 is 0 Å². The molecule has 0 radical (unpaired) electrons. The molecule has 116 valence electrons. The van der Waals surface area contributed by atoms with Gasteiger partial charge in [-0.3, -0.25) is 0 Å². The zero-order chi connectivity index (χ0) is 14.3. The van der Waals surface area contributed by atoms with Crippen molar-refractivity contribution < 1.29 is 9.47 Å². The molecule has 0 bridgehead atoms. The standard InChI is InChI=1S/C15H24N4O2/c1-15(3-6-20-7-4-15)11-18-5-2-14-13(9-18)19-12(10-21-14)8-16-17-19/h8,13-14H,2-7,9-11H2,1H3/t13-,14+/m0/s1. The number of fused-ring (bicyclic) bond motifs is 3. The van der Waals surface area contributed by atoms with Crippen LogP contribution < -0.4 is 0 Å². The minimum Gasteiger partial charge on any atom is -0.381 e. The number of aromatic nitrogens is 3. The van der Waals surface area contributed by atoms with Gasteiger partial charge in [-0.05, 0) is 24.7 Å². The van der Waals surface area contributed by atoms with Gasteiger partial charge >= 0.3 is 0 Å². The molecule has 2 fully saturated rings. The molecule has 0 spiro atoms. The molecule has 0 N–H and O–H groups in total. The number of ether oxygens (including phenoxy) is 2. The van der Waals surface area contributed by atoms with Crippen molar-refractivity contribution in [2.75, 3.05) is 32.8 Å². The third-order valence-corrected chi connectivity index (χ3v) is 5.32.